The van der Waals surface area contributed by atoms with Crippen LogP contribution in [0.25, 0.3) is 10.9 Å². The number of hydrogen-bond donors (Lipinski definition) is 2. The normalized spacial score (nSPS) is 10.2. The Balaban J connectivity index is 2.76. The highest BCUT2D eigenvalue weighted by molar-refractivity contribution is 5.86. The van der Waals surface area contributed by atoms with Crippen LogP contribution >= 0.6 is 0 Å². The molecule has 0 radical (unpaired) electrons. The molecule has 2 rings (SSSR count). The fraction of sp³-hybridized carbons (Fsp3) is 0.100. The van der Waals surface area contributed by atoms with E-state index in [-0.39, 0.29) is 6.61 Å². The van der Waals surface area contributed by atoms with E-state index < -0.39 is 0 Å². The summed E-state index contributed by atoms with van der Waals surface area (Å²) < 4.78 is 0. The van der Waals surface area contributed by atoms with E-state index in [9.17, 15) is 0 Å². The first-order valence-electron chi connectivity index (χ1n) is 3.96. The maximum atomic E-state index is 8.89. The third-order valence-corrected chi connectivity index (χ3v) is 2.01. The number of aromatic amines is 1. The van der Waals surface area contributed by atoms with Gasteiger partial charge in [0.15, 0.2) is 0 Å². The summed E-state index contributed by atoms with van der Waals surface area (Å²) >= 11 is 0. The molecule has 0 unspecified atom stereocenters. The van der Waals surface area contributed by atoms with Gasteiger partial charge in [0.25, 0.3) is 0 Å². The maximum absolute atomic E-state index is 8.89. The van der Waals surface area contributed by atoms with Crippen molar-refractivity contribution in [3.63, 3.8) is 0 Å². The number of nitriles is 1. The third-order valence-electron chi connectivity index (χ3n) is 2.01. The number of aliphatic hydroxyl groups excluding tert-OH is 1. The first-order chi connectivity index (χ1) is 6.35. The van der Waals surface area contributed by atoms with Gasteiger partial charge in [-0.1, -0.05) is 6.07 Å². The van der Waals surface area contributed by atoms with E-state index >= 15 is 0 Å². The molecular weight excluding hydrogens is 164 g/mol. The van der Waals surface area contributed by atoms with E-state index in [1.807, 2.05) is 12.1 Å². The zero-order valence-corrected chi connectivity index (χ0v) is 6.91. The molecule has 2 aromatic rings. The molecule has 0 saturated heterocycles. The number of nitrogens with zero attached hydrogens (tertiary/aromatic N) is 1. The van der Waals surface area contributed by atoms with Crippen LogP contribution in [0.3, 0.4) is 0 Å². The minimum Gasteiger partial charge on any atom is -0.390 e. The number of nitrogens with one attached hydrogen (secondary N) is 1. The van der Waals surface area contributed by atoms with Crippen LogP contribution < -0.4 is 0 Å². The fourth-order valence-electron chi connectivity index (χ4n) is 1.40. The lowest BCUT2D eigenvalue weighted by Crippen LogP contribution is -1.78. The Morgan fingerprint density at radius 1 is 1.46 bits per heavy atom. The van der Waals surface area contributed by atoms with E-state index in [0.717, 1.165) is 16.6 Å². The van der Waals surface area contributed by atoms with E-state index in [2.05, 4.69) is 11.1 Å². The largest absolute Gasteiger partial charge is 0.390 e. The lowest BCUT2D eigenvalue weighted by Gasteiger charge is -1.89. The summed E-state index contributed by atoms with van der Waals surface area (Å²) in [6.07, 6.45) is 0. The van der Waals surface area contributed by atoms with Gasteiger partial charge in [0.1, 0.15) is 0 Å². The van der Waals surface area contributed by atoms with Crippen molar-refractivity contribution in [1.82, 2.24) is 4.98 Å². The van der Waals surface area contributed by atoms with Crippen LogP contribution in [-0.4, -0.2) is 10.1 Å². The molecule has 0 aliphatic heterocycles. The summed E-state index contributed by atoms with van der Waals surface area (Å²) in [6.45, 7) is -0.0282. The topological polar surface area (TPSA) is 59.8 Å². The molecule has 0 aliphatic rings. The highest BCUT2D eigenvalue weighted by Crippen LogP contribution is 2.18. The summed E-state index contributed by atoms with van der Waals surface area (Å²) in [4.78, 5) is 3.02. The van der Waals surface area contributed by atoms with Gasteiger partial charge in [-0.05, 0) is 18.2 Å². The first kappa shape index (κ1) is 7.84. The molecule has 1 aromatic heterocycles. The van der Waals surface area contributed by atoms with Crippen molar-refractivity contribution in [3.05, 3.63) is 35.5 Å². The van der Waals surface area contributed by atoms with Crippen LogP contribution in [-0.2, 0) is 6.61 Å². The lowest BCUT2D eigenvalue weighted by molar-refractivity contribution is 0.278. The number of H-pyrrole nitrogens is 1. The molecule has 0 amide bonds. The molecule has 2 N–H and O–H groups in total. The SMILES string of the molecule is N#Cc1cccc2[nH]c(CO)cc12. The van der Waals surface area contributed by atoms with Gasteiger partial charge in [-0.3, -0.25) is 0 Å². The molecule has 0 atom stereocenters. The fourth-order valence-corrected chi connectivity index (χ4v) is 1.40. The molecule has 0 aliphatic carbocycles. The smallest absolute Gasteiger partial charge is 0.0998 e. The van der Waals surface area contributed by atoms with Gasteiger partial charge in [-0.2, -0.15) is 5.26 Å². The van der Waals surface area contributed by atoms with Crippen molar-refractivity contribution < 1.29 is 5.11 Å². The molecule has 13 heavy (non-hydrogen) atoms. The summed E-state index contributed by atoms with van der Waals surface area (Å²) in [7, 11) is 0. The Hall–Kier alpha value is -1.79. The zero-order valence-electron chi connectivity index (χ0n) is 6.91. The summed E-state index contributed by atoms with van der Waals surface area (Å²) in [5, 5.41) is 18.5. The molecule has 0 saturated carbocycles. The highest BCUT2D eigenvalue weighted by atomic mass is 16.3. The van der Waals surface area contributed by atoms with E-state index in [0.29, 0.717) is 5.56 Å². The van der Waals surface area contributed by atoms with Gasteiger partial charge in [0.2, 0.25) is 0 Å². The van der Waals surface area contributed by atoms with Gasteiger partial charge in [-0.15, -0.1) is 0 Å². The number of benzene rings is 1. The van der Waals surface area contributed by atoms with Crippen molar-refractivity contribution in [1.29, 1.82) is 5.26 Å². The molecule has 0 fully saturated rings. The van der Waals surface area contributed by atoms with Gasteiger partial charge >= 0.3 is 0 Å². The lowest BCUT2D eigenvalue weighted by atomic mass is 10.1. The van der Waals surface area contributed by atoms with Gasteiger partial charge in [0, 0.05) is 16.6 Å². The van der Waals surface area contributed by atoms with Crippen LogP contribution in [0.15, 0.2) is 24.3 Å². The van der Waals surface area contributed by atoms with E-state index in [1.165, 1.54) is 0 Å². The molecule has 1 heterocycles. The molecule has 3 heteroatoms. The van der Waals surface area contributed by atoms with E-state index in [4.69, 9.17) is 10.4 Å². The van der Waals surface area contributed by atoms with Crippen molar-refractivity contribution in [2.24, 2.45) is 0 Å². The Bertz CT molecular complexity index is 479. The highest BCUT2D eigenvalue weighted by Gasteiger charge is 2.03. The zero-order chi connectivity index (χ0) is 9.26. The van der Waals surface area contributed by atoms with Gasteiger partial charge in [0.05, 0.1) is 18.2 Å². The summed E-state index contributed by atoms with van der Waals surface area (Å²) in [6, 6.07) is 9.37. The Morgan fingerprint density at radius 3 is 3.00 bits per heavy atom. The molecule has 3 nitrogen and oxygen atoms in total. The quantitative estimate of drug-likeness (QED) is 0.685. The third kappa shape index (κ3) is 1.17. The predicted octanol–water partition coefficient (Wildman–Crippen LogP) is 1.53. The second kappa shape index (κ2) is 2.92. The van der Waals surface area contributed by atoms with Crippen molar-refractivity contribution in [3.8, 4) is 6.07 Å². The minimum absolute atomic E-state index is 0.0282. The van der Waals surface area contributed by atoms with Crippen molar-refractivity contribution in [2.45, 2.75) is 6.61 Å². The molecule has 64 valence electrons. The van der Waals surface area contributed by atoms with Gasteiger partial charge < -0.3 is 10.1 Å². The van der Waals surface area contributed by atoms with Crippen LogP contribution in [0, 0.1) is 11.3 Å². The minimum atomic E-state index is -0.0282. The first-order valence-corrected chi connectivity index (χ1v) is 3.96. The van der Waals surface area contributed by atoms with Crippen LogP contribution in [0.5, 0.6) is 0 Å². The standard InChI is InChI=1S/C10H8N2O/c11-5-7-2-1-3-10-9(7)4-8(6-13)12-10/h1-4,12-13H,6H2. The van der Waals surface area contributed by atoms with Crippen molar-refractivity contribution >= 4 is 10.9 Å². The van der Waals surface area contributed by atoms with Crippen LogP contribution in [0.4, 0.5) is 0 Å². The molecular formula is C10H8N2O. The summed E-state index contributed by atoms with van der Waals surface area (Å²) in [5.41, 5.74) is 2.26. The van der Waals surface area contributed by atoms with Gasteiger partial charge in [-0.25, -0.2) is 0 Å². The average molecular weight is 172 g/mol. The average Bonchev–Trinajstić information content (AvgIpc) is 2.59. The number of aliphatic hydroxyl groups is 1. The second-order valence-electron chi connectivity index (χ2n) is 2.83. The Morgan fingerprint density at radius 2 is 2.31 bits per heavy atom. The summed E-state index contributed by atoms with van der Waals surface area (Å²) in [5.74, 6) is 0. The number of aromatic nitrogens is 1. The molecule has 0 spiro atoms. The van der Waals surface area contributed by atoms with Crippen molar-refractivity contribution in [2.75, 3.05) is 0 Å². The number of hydrogen-bond acceptors (Lipinski definition) is 2. The second-order valence-corrected chi connectivity index (χ2v) is 2.83. The number of fused-ring (bicyclic) bond motifs is 1. The molecule has 0 bridgehead atoms. The predicted molar refractivity (Wildman–Crippen MR) is 48.9 cm³/mol. The monoisotopic (exact) mass is 172 g/mol. The Kier molecular flexibility index (Phi) is 1.76. The van der Waals surface area contributed by atoms with E-state index in [1.54, 1.807) is 12.1 Å². The Labute approximate surface area is 75.2 Å². The van der Waals surface area contributed by atoms with Crippen LogP contribution in [0.2, 0.25) is 0 Å². The number of rotatable bonds is 1. The molecule has 1 aromatic carbocycles. The maximum Gasteiger partial charge on any atom is 0.0998 e. The van der Waals surface area contributed by atoms with Crippen LogP contribution in [0.1, 0.15) is 11.3 Å².